The van der Waals surface area contributed by atoms with E-state index in [-0.39, 0.29) is 12.1 Å². The molecule has 0 spiro atoms. The number of hydrogen-bond donors (Lipinski definition) is 3. The van der Waals surface area contributed by atoms with Crippen LogP contribution in [-0.2, 0) is 12.8 Å². The molecule has 2 aromatic heterocycles. The highest BCUT2D eigenvalue weighted by atomic mass is 16.5. The third kappa shape index (κ3) is 5.29. The Bertz CT molecular complexity index is 1200. The van der Waals surface area contributed by atoms with Crippen molar-refractivity contribution in [2.24, 2.45) is 0 Å². The molecule has 190 valence electrons. The lowest BCUT2D eigenvalue weighted by Crippen LogP contribution is -2.42. The maximum Gasteiger partial charge on any atom is 0.319 e. The molecule has 5 rings (SSSR count). The van der Waals surface area contributed by atoms with Gasteiger partial charge < -0.3 is 25.4 Å². The lowest BCUT2D eigenvalue weighted by Gasteiger charge is -2.30. The van der Waals surface area contributed by atoms with Crippen LogP contribution in [0.25, 0.3) is 11.3 Å². The van der Waals surface area contributed by atoms with E-state index in [0.717, 1.165) is 55.9 Å². The van der Waals surface area contributed by atoms with E-state index in [4.69, 9.17) is 14.5 Å². The zero-order valence-electron chi connectivity index (χ0n) is 21.3. The average molecular weight is 490 g/mol. The zero-order chi connectivity index (χ0) is 25.1. The molecule has 0 saturated heterocycles. The molecule has 1 fully saturated rings. The number of amides is 2. The van der Waals surface area contributed by atoms with E-state index in [0.29, 0.717) is 23.2 Å². The number of fused-ring (bicyclic) bond motifs is 1. The van der Waals surface area contributed by atoms with Crippen LogP contribution in [-0.4, -0.2) is 47.3 Å². The van der Waals surface area contributed by atoms with Crippen molar-refractivity contribution in [3.05, 3.63) is 47.3 Å². The van der Waals surface area contributed by atoms with E-state index in [1.54, 1.807) is 6.92 Å². The average Bonchev–Trinajstić information content (AvgIpc) is 3.24. The summed E-state index contributed by atoms with van der Waals surface area (Å²) in [6.45, 7) is 1.80. The Kier molecular flexibility index (Phi) is 7.06. The van der Waals surface area contributed by atoms with Gasteiger partial charge in [0, 0.05) is 37.3 Å². The third-order valence-corrected chi connectivity index (χ3v) is 7.13. The van der Waals surface area contributed by atoms with Gasteiger partial charge in [-0.2, -0.15) is 4.98 Å². The molecule has 1 aromatic carbocycles. The third-order valence-electron chi connectivity index (χ3n) is 7.13. The number of urea groups is 1. The number of aromatic nitrogens is 3. The van der Waals surface area contributed by atoms with Crippen molar-refractivity contribution >= 4 is 23.5 Å². The number of carbonyl (C=O) groups excluding carboxylic acids is 1. The maximum atomic E-state index is 12.8. The molecule has 9 nitrogen and oxygen atoms in total. The molecule has 2 amide bonds. The quantitative estimate of drug-likeness (QED) is 0.450. The number of nitrogens with one attached hydrogen (secondary N) is 3. The number of nitrogens with zero attached hydrogens (tertiary/aromatic N) is 4. The Hall–Kier alpha value is -3.62. The second kappa shape index (κ2) is 10.6. The summed E-state index contributed by atoms with van der Waals surface area (Å²) < 4.78 is 5.35. The first-order valence-corrected chi connectivity index (χ1v) is 12.9. The molecule has 36 heavy (non-hydrogen) atoms. The Morgan fingerprint density at radius 3 is 2.47 bits per heavy atom. The molecule has 2 aliphatic rings. The minimum atomic E-state index is -0.233. The number of hydrogen-bond acceptors (Lipinski definition) is 7. The van der Waals surface area contributed by atoms with Gasteiger partial charge in [0.15, 0.2) is 5.76 Å². The summed E-state index contributed by atoms with van der Waals surface area (Å²) in [6, 6.07) is 9.89. The van der Waals surface area contributed by atoms with Gasteiger partial charge in [0.05, 0.1) is 5.69 Å². The van der Waals surface area contributed by atoms with Gasteiger partial charge in [-0.25, -0.2) is 9.78 Å². The van der Waals surface area contributed by atoms with Crippen molar-refractivity contribution in [1.29, 1.82) is 0 Å². The van der Waals surface area contributed by atoms with Crippen molar-refractivity contribution < 1.29 is 9.32 Å². The van der Waals surface area contributed by atoms with Crippen LogP contribution in [0.2, 0.25) is 0 Å². The standard InChI is InChI=1S/C27H35N7O2/c1-17-23(24(33-36-17)18-9-5-4-6-10-18)31-27(35)29-20-15-13-19(14-16-20)28-26-30-22-12-8-7-11-21(22)25(32-26)34(2)3/h4-6,9-10,19-20H,7-8,11-16H2,1-3H3,(H,28,30,32)(H2,29,31,35). The summed E-state index contributed by atoms with van der Waals surface area (Å²) in [6.07, 6.45) is 8.17. The van der Waals surface area contributed by atoms with Gasteiger partial charge in [-0.3, -0.25) is 0 Å². The fourth-order valence-corrected chi connectivity index (χ4v) is 5.22. The van der Waals surface area contributed by atoms with Crippen LogP contribution in [0, 0.1) is 6.92 Å². The summed E-state index contributed by atoms with van der Waals surface area (Å²) in [7, 11) is 4.10. The van der Waals surface area contributed by atoms with E-state index in [1.165, 1.54) is 24.1 Å². The molecule has 9 heteroatoms. The number of carbonyl (C=O) groups is 1. The van der Waals surface area contributed by atoms with Gasteiger partial charge >= 0.3 is 6.03 Å². The van der Waals surface area contributed by atoms with Crippen LogP contribution >= 0.6 is 0 Å². The van der Waals surface area contributed by atoms with Gasteiger partial charge in [0.2, 0.25) is 5.95 Å². The molecule has 3 aromatic rings. The van der Waals surface area contributed by atoms with E-state index in [9.17, 15) is 4.79 Å². The molecule has 0 atom stereocenters. The molecule has 0 aliphatic heterocycles. The summed E-state index contributed by atoms with van der Waals surface area (Å²) in [4.78, 5) is 24.6. The Morgan fingerprint density at radius 2 is 1.72 bits per heavy atom. The normalized spacial score (nSPS) is 19.3. The minimum Gasteiger partial charge on any atom is -0.362 e. The Labute approximate surface area is 212 Å². The topological polar surface area (TPSA) is 108 Å². The van der Waals surface area contributed by atoms with Gasteiger partial charge in [-0.15, -0.1) is 0 Å². The monoisotopic (exact) mass is 489 g/mol. The number of benzene rings is 1. The summed E-state index contributed by atoms with van der Waals surface area (Å²) in [5.41, 5.74) is 4.63. The first-order valence-electron chi connectivity index (χ1n) is 12.9. The number of aryl methyl sites for hydroxylation is 2. The molecule has 0 unspecified atom stereocenters. The van der Waals surface area contributed by atoms with Gasteiger partial charge in [0.25, 0.3) is 0 Å². The summed E-state index contributed by atoms with van der Waals surface area (Å²) in [5, 5.41) is 13.8. The van der Waals surface area contributed by atoms with Crippen molar-refractivity contribution in [2.75, 3.05) is 29.6 Å². The van der Waals surface area contributed by atoms with E-state index >= 15 is 0 Å². The fraction of sp³-hybridized carbons (Fsp3) is 0.481. The van der Waals surface area contributed by atoms with Crippen LogP contribution in [0.3, 0.4) is 0 Å². The van der Waals surface area contributed by atoms with E-state index in [1.807, 2.05) is 44.4 Å². The largest absolute Gasteiger partial charge is 0.362 e. The lowest BCUT2D eigenvalue weighted by atomic mass is 9.91. The van der Waals surface area contributed by atoms with Crippen LogP contribution in [0.5, 0.6) is 0 Å². The van der Waals surface area contributed by atoms with Crippen LogP contribution < -0.4 is 20.9 Å². The van der Waals surface area contributed by atoms with Crippen LogP contribution in [0.4, 0.5) is 22.2 Å². The summed E-state index contributed by atoms with van der Waals surface area (Å²) in [5.74, 6) is 2.34. The van der Waals surface area contributed by atoms with E-state index < -0.39 is 0 Å². The molecule has 1 saturated carbocycles. The predicted octanol–water partition coefficient (Wildman–Crippen LogP) is 4.93. The van der Waals surface area contributed by atoms with Gasteiger partial charge in [-0.05, 0) is 58.3 Å². The van der Waals surface area contributed by atoms with Crippen LogP contribution in [0.15, 0.2) is 34.9 Å². The van der Waals surface area contributed by atoms with Crippen molar-refractivity contribution in [3.63, 3.8) is 0 Å². The number of rotatable bonds is 6. The SMILES string of the molecule is Cc1onc(-c2ccccc2)c1NC(=O)NC1CCC(Nc2nc3c(c(N(C)C)n2)CCCC3)CC1. The molecule has 0 radical (unpaired) electrons. The van der Waals surface area contributed by atoms with Crippen LogP contribution in [0.1, 0.15) is 55.5 Å². The van der Waals surface area contributed by atoms with Gasteiger partial charge in [-0.1, -0.05) is 35.5 Å². The van der Waals surface area contributed by atoms with Crippen molar-refractivity contribution in [2.45, 2.75) is 70.4 Å². The van der Waals surface area contributed by atoms with E-state index in [2.05, 4.69) is 26.0 Å². The second-order valence-electron chi connectivity index (χ2n) is 10.0. The predicted molar refractivity (Wildman–Crippen MR) is 141 cm³/mol. The molecular weight excluding hydrogens is 454 g/mol. The van der Waals surface area contributed by atoms with Gasteiger partial charge in [0.1, 0.15) is 17.2 Å². The number of anilines is 3. The Balaban J connectivity index is 1.16. The smallest absolute Gasteiger partial charge is 0.319 e. The first kappa shape index (κ1) is 24.1. The van der Waals surface area contributed by atoms with Crippen molar-refractivity contribution in [3.8, 4) is 11.3 Å². The fourth-order valence-electron chi connectivity index (χ4n) is 5.22. The molecule has 2 aliphatic carbocycles. The first-order chi connectivity index (χ1) is 17.5. The highest BCUT2D eigenvalue weighted by molar-refractivity contribution is 5.94. The molecule has 2 heterocycles. The molecular formula is C27H35N7O2. The highest BCUT2D eigenvalue weighted by Crippen LogP contribution is 2.31. The Morgan fingerprint density at radius 1 is 1.00 bits per heavy atom. The molecule has 0 bridgehead atoms. The lowest BCUT2D eigenvalue weighted by molar-refractivity contribution is 0.243. The minimum absolute atomic E-state index is 0.116. The molecule has 3 N–H and O–H groups in total. The summed E-state index contributed by atoms with van der Waals surface area (Å²) >= 11 is 0. The maximum absolute atomic E-state index is 12.8. The second-order valence-corrected chi connectivity index (χ2v) is 10.0. The highest BCUT2D eigenvalue weighted by Gasteiger charge is 2.26. The van der Waals surface area contributed by atoms with Crippen molar-refractivity contribution in [1.82, 2.24) is 20.4 Å². The zero-order valence-corrected chi connectivity index (χ0v) is 21.3.